The van der Waals surface area contributed by atoms with Gasteiger partial charge in [0, 0.05) is 34.1 Å². The summed E-state index contributed by atoms with van der Waals surface area (Å²) in [7, 11) is 1.03. The Morgan fingerprint density at radius 2 is 1.59 bits per heavy atom. The molecule has 226 valence electrons. The number of amides is 1. The maximum Gasteiger partial charge on any atom is 0.407 e. The van der Waals surface area contributed by atoms with Crippen LogP contribution in [0.3, 0.4) is 0 Å². The van der Waals surface area contributed by atoms with Gasteiger partial charge in [0.15, 0.2) is 12.2 Å². The van der Waals surface area contributed by atoms with Crippen LogP contribution in [-0.2, 0) is 63.7 Å². The smallest absolute Gasteiger partial charge is 0.407 e. The highest BCUT2D eigenvalue weighted by Gasteiger charge is 2.57. The Balaban J connectivity index is 2.56. The van der Waals surface area contributed by atoms with E-state index < -0.39 is 84.5 Å². The molecule has 1 aliphatic heterocycles. The molecule has 1 fully saturated rings. The molecule has 1 aromatic rings. The van der Waals surface area contributed by atoms with Crippen LogP contribution in [-0.4, -0.2) is 85.2 Å². The van der Waals surface area contributed by atoms with Crippen molar-refractivity contribution in [1.82, 2.24) is 5.32 Å². The molecule has 0 radical (unpaired) electrons. The number of alkyl halides is 1. The van der Waals surface area contributed by atoms with Crippen LogP contribution in [0.5, 0.6) is 0 Å². The third kappa shape index (κ3) is 10.2. The number of halogens is 1. The van der Waals surface area contributed by atoms with Crippen molar-refractivity contribution in [2.24, 2.45) is 0 Å². The van der Waals surface area contributed by atoms with Crippen molar-refractivity contribution in [2.45, 2.75) is 76.2 Å². The van der Waals surface area contributed by atoms with Crippen molar-refractivity contribution in [2.75, 3.05) is 13.7 Å². The van der Waals surface area contributed by atoms with Crippen molar-refractivity contribution in [1.29, 1.82) is 0 Å². The molecule has 6 atom stereocenters. The van der Waals surface area contributed by atoms with Crippen LogP contribution in [0.15, 0.2) is 30.3 Å². The highest BCUT2D eigenvalue weighted by Crippen LogP contribution is 2.38. The Labute approximate surface area is 240 Å². The molecule has 1 heterocycles. The Kier molecular flexibility index (Phi) is 12.3. The number of hydrogen-bond acceptors (Lipinski definition) is 13. The standard InChI is InChI=1S/C26H32ClNO13/c1-14(29)36-13-20(39-16(3)31)22(40-17(4)32)23-21(28-25(34)37-12-18-9-7-6-8-10-18)19(38-15(2)30)11-26(27,41-23)24(33)35-5/h6-10,19-23H,11-13H2,1-5H3,(H,28,34)/t19-,20+,21+,22+,23+,26-/m0/s1. The Morgan fingerprint density at radius 1 is 0.951 bits per heavy atom. The predicted molar refractivity (Wildman–Crippen MR) is 137 cm³/mol. The topological polar surface area (TPSA) is 179 Å². The average molecular weight is 602 g/mol. The Bertz CT molecular complexity index is 1110. The Hall–Kier alpha value is -3.91. The van der Waals surface area contributed by atoms with Gasteiger partial charge in [-0.05, 0) is 5.56 Å². The number of methoxy groups -OCH3 is 1. The summed E-state index contributed by atoms with van der Waals surface area (Å²) in [5, 5.41) is 0.189. The largest absolute Gasteiger partial charge is 0.466 e. The molecule has 41 heavy (non-hydrogen) atoms. The maximum atomic E-state index is 12.9. The molecule has 14 nitrogen and oxygen atoms in total. The lowest BCUT2D eigenvalue weighted by molar-refractivity contribution is -0.225. The molecule has 1 N–H and O–H groups in total. The highest BCUT2D eigenvalue weighted by atomic mass is 35.5. The molecule has 0 unspecified atom stereocenters. The van der Waals surface area contributed by atoms with Gasteiger partial charge in [-0.15, -0.1) is 0 Å². The van der Waals surface area contributed by atoms with E-state index in [1.54, 1.807) is 30.3 Å². The second kappa shape index (κ2) is 15.2. The molecule has 1 amide bonds. The predicted octanol–water partition coefficient (Wildman–Crippen LogP) is 1.54. The van der Waals surface area contributed by atoms with Gasteiger partial charge in [0.25, 0.3) is 0 Å². The molecule has 0 saturated carbocycles. The molecular weight excluding hydrogens is 570 g/mol. The van der Waals surface area contributed by atoms with Crippen LogP contribution in [0.2, 0.25) is 0 Å². The summed E-state index contributed by atoms with van der Waals surface area (Å²) in [5.74, 6) is -4.44. The summed E-state index contributed by atoms with van der Waals surface area (Å²) in [5.41, 5.74) is 0.662. The fourth-order valence-electron chi connectivity index (χ4n) is 4.05. The summed E-state index contributed by atoms with van der Waals surface area (Å²) in [6, 6.07) is 7.30. The van der Waals surface area contributed by atoms with Crippen molar-refractivity contribution in [3.05, 3.63) is 35.9 Å². The molecule has 1 saturated heterocycles. The van der Waals surface area contributed by atoms with E-state index in [2.05, 4.69) is 5.32 Å². The summed E-state index contributed by atoms with van der Waals surface area (Å²) in [6.45, 7) is 3.49. The zero-order valence-corrected chi connectivity index (χ0v) is 23.8. The summed E-state index contributed by atoms with van der Waals surface area (Å²) < 4.78 is 37.0. The molecule has 1 aliphatic rings. The quantitative estimate of drug-likeness (QED) is 0.219. The molecule has 15 heteroatoms. The van der Waals surface area contributed by atoms with Crippen molar-refractivity contribution in [3.63, 3.8) is 0 Å². The van der Waals surface area contributed by atoms with Crippen LogP contribution >= 0.6 is 11.6 Å². The summed E-state index contributed by atoms with van der Waals surface area (Å²) >= 11 is 6.49. The molecule has 1 aromatic carbocycles. The molecule has 0 aromatic heterocycles. The number of esters is 5. The minimum absolute atomic E-state index is 0.138. The zero-order chi connectivity index (χ0) is 30.7. The Morgan fingerprint density at radius 3 is 2.12 bits per heavy atom. The lowest BCUT2D eigenvalue weighted by Crippen LogP contribution is -2.67. The number of carbonyl (C=O) groups is 6. The number of benzene rings is 1. The van der Waals surface area contributed by atoms with E-state index in [4.69, 9.17) is 44.8 Å². The van der Waals surface area contributed by atoms with Crippen molar-refractivity contribution >= 4 is 47.5 Å². The third-order valence-electron chi connectivity index (χ3n) is 5.61. The van der Waals surface area contributed by atoms with E-state index in [1.807, 2.05) is 0 Å². The molecule has 0 spiro atoms. The monoisotopic (exact) mass is 601 g/mol. The van der Waals surface area contributed by atoms with Gasteiger partial charge in [-0.3, -0.25) is 19.2 Å². The molecule has 0 bridgehead atoms. The molecule has 2 rings (SSSR count). The van der Waals surface area contributed by atoms with Gasteiger partial charge in [0.2, 0.25) is 5.06 Å². The van der Waals surface area contributed by atoms with E-state index in [9.17, 15) is 28.8 Å². The van der Waals surface area contributed by atoms with Crippen molar-refractivity contribution < 1.29 is 61.9 Å². The van der Waals surface area contributed by atoms with Gasteiger partial charge in [-0.1, -0.05) is 41.9 Å². The first-order valence-electron chi connectivity index (χ1n) is 12.3. The fraction of sp³-hybridized carbons (Fsp3) is 0.538. The first kappa shape index (κ1) is 33.3. The molecule has 0 aliphatic carbocycles. The average Bonchev–Trinajstić information content (AvgIpc) is 2.89. The van der Waals surface area contributed by atoms with E-state index >= 15 is 0 Å². The molecular formula is C26H32ClNO13. The number of hydrogen-bond donors (Lipinski definition) is 1. The van der Waals surface area contributed by atoms with E-state index in [1.165, 1.54) is 0 Å². The van der Waals surface area contributed by atoms with Gasteiger partial charge in [0.05, 0.1) is 13.2 Å². The highest BCUT2D eigenvalue weighted by molar-refractivity contribution is 6.32. The summed E-state index contributed by atoms with van der Waals surface area (Å²) in [4.78, 5) is 73.3. The second-order valence-corrected chi connectivity index (χ2v) is 9.52. The minimum Gasteiger partial charge on any atom is -0.466 e. The normalized spacial score (nSPS) is 23.1. The first-order valence-corrected chi connectivity index (χ1v) is 12.7. The lowest BCUT2D eigenvalue weighted by Gasteiger charge is -2.46. The maximum absolute atomic E-state index is 12.9. The SMILES string of the molecule is COC(=O)[C@]1(Cl)C[C@H](OC(C)=O)[C@@H](NC(=O)OCc2ccccc2)[C@H]([C@H](OC(C)=O)[C@@H](COC(C)=O)OC(C)=O)O1. The number of carbonyl (C=O) groups excluding carboxylic acids is 6. The number of rotatable bonds is 11. The third-order valence-corrected chi connectivity index (χ3v) is 6.00. The van der Waals surface area contributed by atoms with Gasteiger partial charge < -0.3 is 38.5 Å². The lowest BCUT2D eigenvalue weighted by atomic mass is 9.89. The van der Waals surface area contributed by atoms with Crippen LogP contribution in [0, 0.1) is 0 Å². The minimum atomic E-state index is -2.31. The van der Waals surface area contributed by atoms with Crippen LogP contribution in [0.1, 0.15) is 39.7 Å². The van der Waals surface area contributed by atoms with E-state index in [0.29, 0.717) is 5.56 Å². The van der Waals surface area contributed by atoms with Gasteiger partial charge in [-0.25, -0.2) is 9.59 Å². The van der Waals surface area contributed by atoms with E-state index in [-0.39, 0.29) is 6.61 Å². The van der Waals surface area contributed by atoms with Crippen molar-refractivity contribution in [3.8, 4) is 0 Å². The number of ether oxygens (including phenoxy) is 7. The van der Waals surface area contributed by atoms with Crippen LogP contribution < -0.4 is 5.32 Å². The van der Waals surface area contributed by atoms with Crippen LogP contribution in [0.25, 0.3) is 0 Å². The first-order chi connectivity index (χ1) is 19.2. The van der Waals surface area contributed by atoms with Gasteiger partial charge in [0.1, 0.15) is 25.4 Å². The van der Waals surface area contributed by atoms with Gasteiger partial charge >= 0.3 is 35.9 Å². The van der Waals surface area contributed by atoms with Gasteiger partial charge in [-0.2, -0.15) is 0 Å². The van der Waals surface area contributed by atoms with E-state index in [0.717, 1.165) is 34.8 Å². The summed E-state index contributed by atoms with van der Waals surface area (Å²) in [6.07, 6.45) is -7.75. The zero-order valence-electron chi connectivity index (χ0n) is 23.1. The number of alkyl carbamates (subject to hydrolysis) is 1. The van der Waals surface area contributed by atoms with Crippen LogP contribution in [0.4, 0.5) is 4.79 Å². The fourth-order valence-corrected chi connectivity index (χ4v) is 4.38. The second-order valence-electron chi connectivity index (χ2n) is 8.91. The number of nitrogens with one attached hydrogen (secondary N) is 1.